The molecule has 0 bridgehead atoms. The number of benzene rings is 2. The van der Waals surface area contributed by atoms with E-state index in [1.807, 2.05) is 31.2 Å². The van der Waals surface area contributed by atoms with Crippen LogP contribution in [0.15, 0.2) is 48.5 Å². The zero-order valence-corrected chi connectivity index (χ0v) is 15.1. The first-order chi connectivity index (χ1) is 12.5. The number of hydrogen-bond acceptors (Lipinski definition) is 3. The Labute approximate surface area is 156 Å². The van der Waals surface area contributed by atoms with E-state index in [0.29, 0.717) is 5.02 Å². The van der Waals surface area contributed by atoms with E-state index in [9.17, 15) is 14.4 Å². The molecule has 0 fully saturated rings. The molecule has 7 heteroatoms. The van der Waals surface area contributed by atoms with Crippen molar-refractivity contribution in [1.29, 1.82) is 0 Å². The van der Waals surface area contributed by atoms with Crippen LogP contribution in [0.1, 0.15) is 22.8 Å². The second-order valence-corrected chi connectivity index (χ2v) is 5.91. The third-order valence-electron chi connectivity index (χ3n) is 3.65. The molecule has 0 saturated heterocycles. The number of aryl methyl sites for hydroxylation is 1. The van der Waals surface area contributed by atoms with Crippen molar-refractivity contribution in [2.75, 3.05) is 18.4 Å². The Balaban J connectivity index is 1.77. The molecule has 6 nitrogen and oxygen atoms in total. The van der Waals surface area contributed by atoms with Crippen molar-refractivity contribution in [1.82, 2.24) is 10.6 Å². The van der Waals surface area contributed by atoms with Gasteiger partial charge in [0.2, 0.25) is 11.8 Å². The minimum absolute atomic E-state index is 0.182. The molecule has 2 rings (SSSR count). The maximum atomic E-state index is 12.0. The Morgan fingerprint density at radius 2 is 1.54 bits per heavy atom. The van der Waals surface area contributed by atoms with Gasteiger partial charge in [-0.25, -0.2) is 0 Å². The molecule has 0 aliphatic carbocycles. The van der Waals surface area contributed by atoms with Crippen LogP contribution in [0.25, 0.3) is 0 Å². The highest BCUT2D eigenvalue weighted by Crippen LogP contribution is 2.15. The summed E-state index contributed by atoms with van der Waals surface area (Å²) < 4.78 is 0. The summed E-state index contributed by atoms with van der Waals surface area (Å²) >= 11 is 5.92. The van der Waals surface area contributed by atoms with Gasteiger partial charge in [-0.3, -0.25) is 14.4 Å². The lowest BCUT2D eigenvalue weighted by atomic mass is 10.1. The second kappa shape index (κ2) is 9.58. The molecular weight excluding hydrogens is 354 g/mol. The molecule has 0 aliphatic rings. The number of halogens is 1. The lowest BCUT2D eigenvalue weighted by Crippen LogP contribution is -2.40. The van der Waals surface area contributed by atoms with E-state index in [2.05, 4.69) is 16.0 Å². The van der Waals surface area contributed by atoms with Crippen molar-refractivity contribution in [2.45, 2.75) is 13.3 Å². The van der Waals surface area contributed by atoms with Gasteiger partial charge in [0, 0.05) is 5.69 Å². The van der Waals surface area contributed by atoms with Crippen molar-refractivity contribution in [2.24, 2.45) is 0 Å². The van der Waals surface area contributed by atoms with Gasteiger partial charge in [0.05, 0.1) is 23.7 Å². The van der Waals surface area contributed by atoms with Gasteiger partial charge in [0.1, 0.15) is 0 Å². The molecule has 0 saturated carbocycles. The van der Waals surface area contributed by atoms with Crippen LogP contribution >= 0.6 is 11.6 Å². The van der Waals surface area contributed by atoms with Crippen molar-refractivity contribution >= 4 is 35.0 Å². The molecule has 2 aromatic rings. The van der Waals surface area contributed by atoms with Gasteiger partial charge in [0.15, 0.2) is 0 Å². The molecular formula is C19H20ClN3O3. The average Bonchev–Trinajstić information content (AvgIpc) is 2.65. The fraction of sp³-hybridized carbons (Fsp3) is 0.211. The molecule has 0 aliphatic heterocycles. The molecule has 0 radical (unpaired) electrons. The van der Waals surface area contributed by atoms with Crippen LogP contribution in [-0.2, 0) is 16.0 Å². The molecule has 2 aromatic carbocycles. The zero-order chi connectivity index (χ0) is 18.9. The summed E-state index contributed by atoms with van der Waals surface area (Å²) in [6.07, 6.45) is 0.789. The lowest BCUT2D eigenvalue weighted by molar-refractivity contribution is -0.123. The standard InChI is InChI=1S/C19H20ClN3O3/c1-2-13-7-3-6-10-16(13)23-18(25)12-21-17(24)11-22-19(26)14-8-4-5-9-15(14)20/h3-10H,2,11-12H2,1H3,(H,21,24)(H,22,26)(H,23,25). The number of hydrogen-bond donors (Lipinski definition) is 3. The van der Waals surface area contributed by atoms with Crippen LogP contribution in [-0.4, -0.2) is 30.8 Å². The first kappa shape index (κ1) is 19.5. The number of nitrogens with one attached hydrogen (secondary N) is 3. The monoisotopic (exact) mass is 373 g/mol. The minimum Gasteiger partial charge on any atom is -0.345 e. The first-order valence-corrected chi connectivity index (χ1v) is 8.56. The molecule has 3 N–H and O–H groups in total. The van der Waals surface area contributed by atoms with Crippen molar-refractivity contribution in [3.63, 3.8) is 0 Å². The number of rotatable bonds is 7. The van der Waals surface area contributed by atoms with Gasteiger partial charge in [-0.1, -0.05) is 48.9 Å². The third kappa shape index (κ3) is 5.60. The van der Waals surface area contributed by atoms with Gasteiger partial charge in [-0.15, -0.1) is 0 Å². The number of carbonyl (C=O) groups is 3. The predicted molar refractivity (Wildman–Crippen MR) is 101 cm³/mol. The van der Waals surface area contributed by atoms with Gasteiger partial charge >= 0.3 is 0 Å². The van der Waals surface area contributed by atoms with Crippen LogP contribution in [0, 0.1) is 0 Å². The van der Waals surface area contributed by atoms with Crippen LogP contribution < -0.4 is 16.0 Å². The molecule has 136 valence electrons. The first-order valence-electron chi connectivity index (χ1n) is 8.18. The summed E-state index contributed by atoms with van der Waals surface area (Å²) in [5.74, 6) is -1.26. The van der Waals surface area contributed by atoms with Crippen LogP contribution in [0.3, 0.4) is 0 Å². The topological polar surface area (TPSA) is 87.3 Å². The highest BCUT2D eigenvalue weighted by molar-refractivity contribution is 6.33. The highest BCUT2D eigenvalue weighted by Gasteiger charge is 2.12. The summed E-state index contributed by atoms with van der Waals surface area (Å²) in [4.78, 5) is 35.7. The zero-order valence-electron chi connectivity index (χ0n) is 14.3. The average molecular weight is 374 g/mol. The Hall–Kier alpha value is -2.86. The molecule has 3 amide bonds. The lowest BCUT2D eigenvalue weighted by Gasteiger charge is -2.11. The normalized spacial score (nSPS) is 10.1. The van der Waals surface area contributed by atoms with Gasteiger partial charge in [-0.05, 0) is 30.2 Å². The Morgan fingerprint density at radius 1 is 0.885 bits per heavy atom. The largest absolute Gasteiger partial charge is 0.345 e. The Bertz CT molecular complexity index is 808. The van der Waals surface area contributed by atoms with E-state index in [4.69, 9.17) is 11.6 Å². The highest BCUT2D eigenvalue weighted by atomic mass is 35.5. The molecule has 0 unspecified atom stereocenters. The summed E-state index contributed by atoms with van der Waals surface area (Å²) in [5.41, 5.74) is 2.02. The number of amides is 3. The maximum absolute atomic E-state index is 12.0. The molecule has 0 heterocycles. The van der Waals surface area contributed by atoms with Crippen LogP contribution in [0.4, 0.5) is 5.69 Å². The van der Waals surface area contributed by atoms with Crippen LogP contribution in [0.5, 0.6) is 0 Å². The van der Waals surface area contributed by atoms with E-state index in [0.717, 1.165) is 17.7 Å². The summed E-state index contributed by atoms with van der Waals surface area (Å²) in [6, 6.07) is 14.0. The smallest absolute Gasteiger partial charge is 0.253 e. The number of carbonyl (C=O) groups excluding carboxylic acids is 3. The van der Waals surface area contributed by atoms with Crippen molar-refractivity contribution in [3.05, 3.63) is 64.7 Å². The fourth-order valence-electron chi connectivity index (χ4n) is 2.29. The van der Waals surface area contributed by atoms with Crippen molar-refractivity contribution in [3.8, 4) is 0 Å². The molecule has 0 spiro atoms. The van der Waals surface area contributed by atoms with E-state index in [1.165, 1.54) is 0 Å². The van der Waals surface area contributed by atoms with Gasteiger partial charge in [0.25, 0.3) is 5.91 Å². The Kier molecular flexibility index (Phi) is 7.17. The van der Waals surface area contributed by atoms with E-state index >= 15 is 0 Å². The van der Waals surface area contributed by atoms with Crippen LogP contribution in [0.2, 0.25) is 5.02 Å². The maximum Gasteiger partial charge on any atom is 0.253 e. The SMILES string of the molecule is CCc1ccccc1NC(=O)CNC(=O)CNC(=O)c1ccccc1Cl. The van der Waals surface area contributed by atoms with E-state index < -0.39 is 11.8 Å². The Morgan fingerprint density at radius 3 is 2.27 bits per heavy atom. The van der Waals surface area contributed by atoms with Gasteiger partial charge in [-0.2, -0.15) is 0 Å². The van der Waals surface area contributed by atoms with E-state index in [-0.39, 0.29) is 24.6 Å². The predicted octanol–water partition coefficient (Wildman–Crippen LogP) is 2.39. The fourth-order valence-corrected chi connectivity index (χ4v) is 2.51. The summed E-state index contributed by atoms with van der Waals surface area (Å²) in [5, 5.41) is 7.99. The minimum atomic E-state index is -0.468. The quantitative estimate of drug-likeness (QED) is 0.696. The summed E-state index contributed by atoms with van der Waals surface area (Å²) in [7, 11) is 0. The molecule has 0 aromatic heterocycles. The number of anilines is 1. The molecule has 26 heavy (non-hydrogen) atoms. The summed E-state index contributed by atoms with van der Waals surface area (Å²) in [6.45, 7) is 1.57. The number of para-hydroxylation sites is 1. The van der Waals surface area contributed by atoms with E-state index in [1.54, 1.807) is 24.3 Å². The third-order valence-corrected chi connectivity index (χ3v) is 3.98. The second-order valence-electron chi connectivity index (χ2n) is 5.50. The van der Waals surface area contributed by atoms with Crippen molar-refractivity contribution < 1.29 is 14.4 Å². The molecule has 0 atom stereocenters. The van der Waals surface area contributed by atoms with Gasteiger partial charge < -0.3 is 16.0 Å².